The first-order chi connectivity index (χ1) is 8.29. The molecule has 1 aromatic rings. The van der Waals surface area contributed by atoms with E-state index in [0.29, 0.717) is 12.1 Å². The normalized spacial score (nSPS) is 15.4. The van der Waals surface area contributed by atoms with Gasteiger partial charge in [-0.15, -0.1) is 0 Å². The highest BCUT2D eigenvalue weighted by Gasteiger charge is 2.16. The summed E-state index contributed by atoms with van der Waals surface area (Å²) in [5.74, 6) is 1.70. The number of hydrogen-bond acceptors (Lipinski definition) is 3. The van der Waals surface area contributed by atoms with E-state index in [1.807, 2.05) is 13.0 Å². The lowest BCUT2D eigenvalue weighted by molar-refractivity contribution is 0.0983. The Bertz CT molecular complexity index is 368. The molecule has 2 rings (SSSR count). The van der Waals surface area contributed by atoms with Crippen LogP contribution in [0.5, 0.6) is 5.75 Å². The largest absolute Gasteiger partial charge is 0.492 e. The fourth-order valence-corrected chi connectivity index (χ4v) is 1.94. The first-order valence-electron chi connectivity index (χ1n) is 6.41. The molecular formula is C14H19NO2. The van der Waals surface area contributed by atoms with Crippen LogP contribution in [0.25, 0.3) is 0 Å². The highest BCUT2D eigenvalue weighted by atomic mass is 16.5. The fraction of sp³-hybridized carbons (Fsp3) is 0.571. The Morgan fingerprint density at radius 1 is 1.47 bits per heavy atom. The van der Waals surface area contributed by atoms with Crippen molar-refractivity contribution in [3.05, 3.63) is 24.0 Å². The molecule has 0 spiro atoms. The van der Waals surface area contributed by atoms with Gasteiger partial charge in [0.05, 0.1) is 12.8 Å². The Hall–Kier alpha value is -1.38. The molecule has 3 heteroatoms. The van der Waals surface area contributed by atoms with E-state index in [-0.39, 0.29) is 5.78 Å². The van der Waals surface area contributed by atoms with Crippen LogP contribution >= 0.6 is 0 Å². The van der Waals surface area contributed by atoms with Gasteiger partial charge >= 0.3 is 0 Å². The maximum atomic E-state index is 11.4. The minimum Gasteiger partial charge on any atom is -0.492 e. The number of ketones is 1. The zero-order chi connectivity index (χ0) is 12.1. The monoisotopic (exact) mass is 233 g/mol. The maximum absolute atomic E-state index is 11.4. The van der Waals surface area contributed by atoms with E-state index in [4.69, 9.17) is 4.74 Å². The summed E-state index contributed by atoms with van der Waals surface area (Å²) in [5.41, 5.74) is 0.527. The van der Waals surface area contributed by atoms with Crippen LogP contribution in [0.15, 0.2) is 18.3 Å². The second-order valence-electron chi connectivity index (χ2n) is 4.59. The van der Waals surface area contributed by atoms with Gasteiger partial charge in [0.25, 0.3) is 0 Å². The van der Waals surface area contributed by atoms with E-state index in [0.717, 1.165) is 24.7 Å². The molecule has 0 amide bonds. The zero-order valence-corrected chi connectivity index (χ0v) is 10.3. The molecule has 3 nitrogen and oxygen atoms in total. The number of nitrogens with zero attached hydrogens (tertiary/aromatic N) is 1. The number of aromatic nitrogens is 1. The molecule has 0 N–H and O–H groups in total. The van der Waals surface area contributed by atoms with E-state index < -0.39 is 0 Å². The lowest BCUT2D eigenvalue weighted by Gasteiger charge is -2.24. The van der Waals surface area contributed by atoms with Crippen LogP contribution in [0.4, 0.5) is 0 Å². The van der Waals surface area contributed by atoms with Crippen LogP contribution in [-0.2, 0) is 0 Å². The van der Waals surface area contributed by atoms with Crippen molar-refractivity contribution in [1.82, 2.24) is 4.98 Å². The van der Waals surface area contributed by atoms with Crippen LogP contribution in [-0.4, -0.2) is 17.4 Å². The minimum atomic E-state index is 0.0750. The minimum absolute atomic E-state index is 0.0750. The second-order valence-corrected chi connectivity index (χ2v) is 4.59. The van der Waals surface area contributed by atoms with Gasteiger partial charge in [-0.25, -0.2) is 4.98 Å². The Morgan fingerprint density at radius 2 is 2.29 bits per heavy atom. The molecule has 0 bridgehead atoms. The highest BCUT2D eigenvalue weighted by Crippen LogP contribution is 2.29. The molecule has 0 aliphatic heterocycles. The molecule has 0 radical (unpaired) electrons. The SMILES string of the molecule is CCC(=O)c1ccc(OCCC2CCC2)cn1. The van der Waals surface area contributed by atoms with Gasteiger partial charge in [-0.3, -0.25) is 4.79 Å². The first kappa shape index (κ1) is 12.1. The average Bonchev–Trinajstić information content (AvgIpc) is 2.32. The Morgan fingerprint density at radius 3 is 2.82 bits per heavy atom. The third kappa shape index (κ3) is 3.29. The molecule has 1 aliphatic carbocycles. The van der Waals surface area contributed by atoms with Gasteiger partial charge in [-0.1, -0.05) is 26.2 Å². The number of ether oxygens (including phenoxy) is 1. The van der Waals surface area contributed by atoms with Crippen molar-refractivity contribution < 1.29 is 9.53 Å². The predicted octanol–water partition coefficient (Wildman–Crippen LogP) is 3.24. The maximum Gasteiger partial charge on any atom is 0.180 e. The predicted molar refractivity (Wildman–Crippen MR) is 66.3 cm³/mol. The van der Waals surface area contributed by atoms with Gasteiger partial charge < -0.3 is 4.74 Å². The molecule has 17 heavy (non-hydrogen) atoms. The molecule has 0 atom stereocenters. The molecule has 0 saturated heterocycles. The molecule has 1 saturated carbocycles. The average molecular weight is 233 g/mol. The summed E-state index contributed by atoms with van der Waals surface area (Å²) in [4.78, 5) is 15.5. The number of rotatable bonds is 6. The molecule has 1 heterocycles. The third-order valence-corrected chi connectivity index (χ3v) is 3.36. The quantitative estimate of drug-likeness (QED) is 0.708. The number of hydrogen-bond donors (Lipinski definition) is 0. The van der Waals surface area contributed by atoms with E-state index in [2.05, 4.69) is 4.98 Å². The second kappa shape index (κ2) is 5.80. The number of carbonyl (C=O) groups excluding carboxylic acids is 1. The Kier molecular flexibility index (Phi) is 4.13. The summed E-state index contributed by atoms with van der Waals surface area (Å²) >= 11 is 0. The van der Waals surface area contributed by atoms with Gasteiger partial charge in [0.2, 0.25) is 0 Å². The highest BCUT2D eigenvalue weighted by molar-refractivity contribution is 5.93. The number of carbonyl (C=O) groups is 1. The molecule has 1 aromatic heterocycles. The Labute approximate surface area is 102 Å². The number of Topliss-reactive ketones (excluding diaryl/α,β-unsaturated/α-hetero) is 1. The molecule has 1 fully saturated rings. The van der Waals surface area contributed by atoms with Gasteiger partial charge in [0, 0.05) is 6.42 Å². The van der Waals surface area contributed by atoms with Crippen molar-refractivity contribution in [2.75, 3.05) is 6.61 Å². The van der Waals surface area contributed by atoms with Crippen molar-refractivity contribution >= 4 is 5.78 Å². The lowest BCUT2D eigenvalue weighted by atomic mass is 9.83. The smallest absolute Gasteiger partial charge is 0.180 e. The summed E-state index contributed by atoms with van der Waals surface area (Å²) in [6.07, 6.45) is 7.35. The molecule has 1 aliphatic rings. The fourth-order valence-electron chi connectivity index (χ4n) is 1.94. The molecule has 0 aromatic carbocycles. The van der Waals surface area contributed by atoms with Crippen LogP contribution in [0, 0.1) is 5.92 Å². The van der Waals surface area contributed by atoms with Crippen molar-refractivity contribution in [3.63, 3.8) is 0 Å². The van der Waals surface area contributed by atoms with E-state index in [1.54, 1.807) is 12.3 Å². The van der Waals surface area contributed by atoms with Crippen LogP contribution in [0.3, 0.4) is 0 Å². The Balaban J connectivity index is 1.78. The lowest BCUT2D eigenvalue weighted by Crippen LogP contribution is -2.14. The van der Waals surface area contributed by atoms with E-state index >= 15 is 0 Å². The molecule has 0 unspecified atom stereocenters. The zero-order valence-electron chi connectivity index (χ0n) is 10.3. The number of pyridine rings is 1. The standard InChI is InChI=1S/C14H19NO2/c1-2-14(16)13-7-6-12(10-15-13)17-9-8-11-4-3-5-11/h6-7,10-11H,2-5,8-9H2,1H3. The van der Waals surface area contributed by atoms with Gasteiger partial charge in [-0.2, -0.15) is 0 Å². The van der Waals surface area contributed by atoms with Crippen LogP contribution in [0.2, 0.25) is 0 Å². The van der Waals surface area contributed by atoms with Crippen molar-refractivity contribution in [2.45, 2.75) is 39.0 Å². The third-order valence-electron chi connectivity index (χ3n) is 3.36. The van der Waals surface area contributed by atoms with Crippen LogP contribution in [0.1, 0.15) is 49.5 Å². The van der Waals surface area contributed by atoms with Crippen molar-refractivity contribution in [3.8, 4) is 5.75 Å². The van der Waals surface area contributed by atoms with Gasteiger partial charge in [0.1, 0.15) is 11.4 Å². The molecular weight excluding hydrogens is 214 g/mol. The molecule has 92 valence electrons. The van der Waals surface area contributed by atoms with E-state index in [9.17, 15) is 4.79 Å². The summed E-state index contributed by atoms with van der Waals surface area (Å²) in [7, 11) is 0. The van der Waals surface area contributed by atoms with Crippen LogP contribution < -0.4 is 4.74 Å². The summed E-state index contributed by atoms with van der Waals surface area (Å²) in [6.45, 7) is 2.60. The van der Waals surface area contributed by atoms with E-state index in [1.165, 1.54) is 19.3 Å². The van der Waals surface area contributed by atoms with Crippen molar-refractivity contribution in [1.29, 1.82) is 0 Å². The first-order valence-corrected chi connectivity index (χ1v) is 6.41. The summed E-state index contributed by atoms with van der Waals surface area (Å²) in [6, 6.07) is 3.57. The summed E-state index contributed by atoms with van der Waals surface area (Å²) in [5, 5.41) is 0. The van der Waals surface area contributed by atoms with Gasteiger partial charge in [0.15, 0.2) is 5.78 Å². The van der Waals surface area contributed by atoms with Gasteiger partial charge in [-0.05, 0) is 24.5 Å². The summed E-state index contributed by atoms with van der Waals surface area (Å²) < 4.78 is 5.61. The van der Waals surface area contributed by atoms with Crippen molar-refractivity contribution in [2.24, 2.45) is 5.92 Å². The topological polar surface area (TPSA) is 39.2 Å².